The van der Waals surface area contributed by atoms with Gasteiger partial charge in [-0.3, -0.25) is 0 Å². The number of halogens is 1. The van der Waals surface area contributed by atoms with Gasteiger partial charge in [0.15, 0.2) is 5.65 Å². The molecular weight excluding hydrogens is 310 g/mol. The smallest absolute Gasteiger partial charge is 0.168 e. The maximum absolute atomic E-state index is 6.06. The molecule has 1 saturated heterocycles. The average molecular weight is 328 g/mol. The minimum Gasteiger partial charge on any atom is -0.356 e. The molecule has 3 aromatic rings. The van der Waals surface area contributed by atoms with Gasteiger partial charge in [-0.05, 0) is 49.9 Å². The van der Waals surface area contributed by atoms with Crippen LogP contribution < -0.4 is 4.90 Å². The highest BCUT2D eigenvalue weighted by molar-refractivity contribution is 6.30. The lowest BCUT2D eigenvalue weighted by molar-refractivity contribution is 0.574. The van der Waals surface area contributed by atoms with Crippen molar-refractivity contribution in [2.45, 2.75) is 26.2 Å². The van der Waals surface area contributed by atoms with Crippen LogP contribution in [0.1, 0.15) is 24.8 Å². The first-order chi connectivity index (χ1) is 11.2. The van der Waals surface area contributed by atoms with Crippen LogP contribution in [0.2, 0.25) is 5.02 Å². The Bertz CT molecular complexity index is 851. The molecule has 1 fully saturated rings. The molecule has 6 heteroatoms. The van der Waals surface area contributed by atoms with Gasteiger partial charge in [0.25, 0.3) is 0 Å². The van der Waals surface area contributed by atoms with Crippen LogP contribution in [0.15, 0.2) is 30.7 Å². The van der Waals surface area contributed by atoms with Crippen LogP contribution in [0, 0.1) is 6.92 Å². The lowest BCUT2D eigenvalue weighted by Crippen LogP contribution is -2.30. The Kier molecular flexibility index (Phi) is 3.65. The highest BCUT2D eigenvalue weighted by atomic mass is 35.5. The molecule has 1 aliphatic rings. The molecule has 1 aromatic carbocycles. The molecule has 5 nitrogen and oxygen atoms in total. The average Bonchev–Trinajstić information content (AvgIpc) is 2.99. The van der Waals surface area contributed by atoms with Crippen molar-refractivity contribution in [3.8, 4) is 5.69 Å². The van der Waals surface area contributed by atoms with Crippen molar-refractivity contribution in [2.24, 2.45) is 0 Å². The number of aryl methyl sites for hydroxylation is 1. The predicted molar refractivity (Wildman–Crippen MR) is 92.5 cm³/mol. The zero-order chi connectivity index (χ0) is 15.8. The molecule has 4 rings (SSSR count). The molecule has 118 valence electrons. The summed E-state index contributed by atoms with van der Waals surface area (Å²) in [5.74, 6) is 0.993. The number of rotatable bonds is 2. The summed E-state index contributed by atoms with van der Waals surface area (Å²) >= 11 is 6.06. The highest BCUT2D eigenvalue weighted by Crippen LogP contribution is 2.28. The van der Waals surface area contributed by atoms with Gasteiger partial charge in [0.1, 0.15) is 12.1 Å². The Hall–Kier alpha value is -2.14. The largest absolute Gasteiger partial charge is 0.356 e. The molecule has 0 amide bonds. The van der Waals surface area contributed by atoms with E-state index in [1.54, 1.807) is 6.33 Å². The van der Waals surface area contributed by atoms with E-state index in [9.17, 15) is 0 Å². The Labute approximate surface area is 139 Å². The molecule has 1 aliphatic heterocycles. The summed E-state index contributed by atoms with van der Waals surface area (Å²) in [4.78, 5) is 11.3. The molecule has 0 atom stereocenters. The first-order valence-electron chi connectivity index (χ1n) is 7.94. The van der Waals surface area contributed by atoms with Crippen LogP contribution in [0.4, 0.5) is 5.82 Å². The summed E-state index contributed by atoms with van der Waals surface area (Å²) < 4.78 is 1.87. The first kappa shape index (κ1) is 14.5. The van der Waals surface area contributed by atoms with E-state index < -0.39 is 0 Å². The van der Waals surface area contributed by atoms with E-state index in [0.717, 1.165) is 46.2 Å². The van der Waals surface area contributed by atoms with Gasteiger partial charge in [0, 0.05) is 18.1 Å². The molecule has 0 N–H and O–H groups in total. The van der Waals surface area contributed by atoms with Crippen molar-refractivity contribution in [3.05, 3.63) is 41.3 Å². The minimum absolute atomic E-state index is 0.728. The fraction of sp³-hybridized carbons (Fsp3) is 0.353. The number of anilines is 1. The van der Waals surface area contributed by atoms with Crippen LogP contribution in [-0.4, -0.2) is 32.8 Å². The molecule has 0 unspecified atom stereocenters. The maximum Gasteiger partial charge on any atom is 0.168 e. The zero-order valence-electron chi connectivity index (χ0n) is 13.0. The minimum atomic E-state index is 0.728. The SMILES string of the molecule is Cc1cc(Cl)ccc1-n1ncc2c(N3CCCCC3)ncnc21. The number of aromatic nitrogens is 4. The van der Waals surface area contributed by atoms with Gasteiger partial charge < -0.3 is 4.90 Å². The van der Waals surface area contributed by atoms with E-state index in [2.05, 4.69) is 20.0 Å². The quantitative estimate of drug-likeness (QED) is 0.719. The van der Waals surface area contributed by atoms with Crippen LogP contribution in [0.25, 0.3) is 16.7 Å². The second kappa shape index (κ2) is 5.81. The Morgan fingerprint density at radius 3 is 2.70 bits per heavy atom. The van der Waals surface area contributed by atoms with E-state index in [0.29, 0.717) is 0 Å². The summed E-state index contributed by atoms with van der Waals surface area (Å²) in [6.07, 6.45) is 7.24. The van der Waals surface area contributed by atoms with Gasteiger partial charge in [0.05, 0.1) is 17.3 Å². The van der Waals surface area contributed by atoms with Gasteiger partial charge in [-0.15, -0.1) is 0 Å². The Morgan fingerprint density at radius 1 is 1.09 bits per heavy atom. The lowest BCUT2D eigenvalue weighted by Gasteiger charge is -2.27. The van der Waals surface area contributed by atoms with Crippen molar-refractivity contribution in [3.63, 3.8) is 0 Å². The molecule has 0 aliphatic carbocycles. The predicted octanol–water partition coefficient (Wildman–Crippen LogP) is 3.77. The molecule has 0 radical (unpaired) electrons. The number of hydrogen-bond acceptors (Lipinski definition) is 4. The fourth-order valence-corrected chi connectivity index (χ4v) is 3.45. The summed E-state index contributed by atoms with van der Waals surface area (Å²) in [5, 5.41) is 6.29. The van der Waals surface area contributed by atoms with E-state index in [1.807, 2.05) is 36.0 Å². The third-order valence-electron chi connectivity index (χ3n) is 4.39. The molecular formula is C17H18ClN5. The van der Waals surface area contributed by atoms with Crippen LogP contribution in [-0.2, 0) is 0 Å². The lowest BCUT2D eigenvalue weighted by atomic mass is 10.1. The molecule has 23 heavy (non-hydrogen) atoms. The number of benzene rings is 1. The molecule has 0 saturated carbocycles. The van der Waals surface area contributed by atoms with E-state index in [-0.39, 0.29) is 0 Å². The van der Waals surface area contributed by atoms with Crippen LogP contribution >= 0.6 is 11.6 Å². The van der Waals surface area contributed by atoms with Crippen molar-refractivity contribution in [2.75, 3.05) is 18.0 Å². The Morgan fingerprint density at radius 2 is 1.91 bits per heavy atom. The molecule has 2 aromatic heterocycles. The summed E-state index contributed by atoms with van der Waals surface area (Å²) in [5.41, 5.74) is 2.90. The monoisotopic (exact) mass is 327 g/mol. The standard InChI is InChI=1S/C17H18ClN5/c1-12-9-13(18)5-6-15(12)23-17-14(10-21-23)16(19-11-20-17)22-7-3-2-4-8-22/h5-6,9-11H,2-4,7-8H2,1H3. The normalized spacial score (nSPS) is 15.3. The van der Waals surface area contributed by atoms with Gasteiger partial charge >= 0.3 is 0 Å². The third-order valence-corrected chi connectivity index (χ3v) is 4.62. The van der Waals surface area contributed by atoms with Crippen molar-refractivity contribution in [1.82, 2.24) is 19.7 Å². The number of fused-ring (bicyclic) bond motifs is 1. The van der Waals surface area contributed by atoms with Crippen LogP contribution in [0.5, 0.6) is 0 Å². The van der Waals surface area contributed by atoms with E-state index in [1.165, 1.54) is 19.3 Å². The third kappa shape index (κ3) is 2.55. The van der Waals surface area contributed by atoms with Crippen LogP contribution in [0.3, 0.4) is 0 Å². The number of nitrogens with zero attached hydrogens (tertiary/aromatic N) is 5. The summed E-state index contributed by atoms with van der Waals surface area (Å²) in [6, 6.07) is 5.80. The van der Waals surface area contributed by atoms with Gasteiger partial charge in [0.2, 0.25) is 0 Å². The van der Waals surface area contributed by atoms with Crippen molar-refractivity contribution >= 4 is 28.5 Å². The summed E-state index contributed by atoms with van der Waals surface area (Å²) in [6.45, 7) is 4.13. The Balaban J connectivity index is 1.84. The molecule has 0 bridgehead atoms. The summed E-state index contributed by atoms with van der Waals surface area (Å²) in [7, 11) is 0. The maximum atomic E-state index is 6.06. The topological polar surface area (TPSA) is 46.8 Å². The number of hydrogen-bond donors (Lipinski definition) is 0. The van der Waals surface area contributed by atoms with Gasteiger partial charge in [-0.2, -0.15) is 5.10 Å². The molecule has 3 heterocycles. The van der Waals surface area contributed by atoms with Crippen molar-refractivity contribution in [1.29, 1.82) is 0 Å². The first-order valence-corrected chi connectivity index (χ1v) is 8.32. The highest BCUT2D eigenvalue weighted by Gasteiger charge is 2.18. The van der Waals surface area contributed by atoms with Gasteiger partial charge in [-0.25, -0.2) is 14.6 Å². The van der Waals surface area contributed by atoms with E-state index in [4.69, 9.17) is 11.6 Å². The van der Waals surface area contributed by atoms with Gasteiger partial charge in [-0.1, -0.05) is 11.6 Å². The van der Waals surface area contributed by atoms with E-state index >= 15 is 0 Å². The zero-order valence-corrected chi connectivity index (χ0v) is 13.8. The second-order valence-electron chi connectivity index (χ2n) is 5.97. The fourth-order valence-electron chi connectivity index (χ4n) is 3.22. The number of piperidine rings is 1. The second-order valence-corrected chi connectivity index (χ2v) is 6.41. The molecule has 0 spiro atoms. The van der Waals surface area contributed by atoms with Crippen molar-refractivity contribution < 1.29 is 0 Å².